The molecule has 1 aliphatic heterocycles. The summed E-state index contributed by atoms with van der Waals surface area (Å²) in [4.78, 5) is 35.8. The summed E-state index contributed by atoms with van der Waals surface area (Å²) < 4.78 is 5.70. The topological polar surface area (TPSA) is 110 Å². The van der Waals surface area contributed by atoms with Gasteiger partial charge in [-0.05, 0) is 58.4 Å². The predicted octanol–water partition coefficient (Wildman–Crippen LogP) is 2.07. The maximum atomic E-state index is 12.1. The van der Waals surface area contributed by atoms with E-state index in [4.69, 9.17) is 10.5 Å². The summed E-state index contributed by atoms with van der Waals surface area (Å²) in [6.07, 6.45) is 1.48. The van der Waals surface area contributed by atoms with Crippen LogP contribution in [0.5, 0.6) is 11.5 Å². The number of hydrogen-bond acceptors (Lipinski definition) is 6. The number of nitrogens with two attached hydrogens (primary N) is 1. The lowest BCUT2D eigenvalue weighted by Crippen LogP contribution is -2.36. The van der Waals surface area contributed by atoms with Gasteiger partial charge in [-0.1, -0.05) is 0 Å². The van der Waals surface area contributed by atoms with Gasteiger partial charge in [-0.2, -0.15) is 0 Å². The maximum absolute atomic E-state index is 12.1. The Bertz CT molecular complexity index is 719. The first-order valence-electron chi connectivity index (χ1n) is 6.52. The number of carbonyl (C=O) groups is 3. The molecule has 0 spiro atoms. The molecule has 0 atom stereocenters. The summed E-state index contributed by atoms with van der Waals surface area (Å²) in [6, 6.07) is 3.13. The largest absolute Gasteiger partial charge is 0.503 e. The van der Waals surface area contributed by atoms with Gasteiger partial charge in [0.2, 0.25) is 5.91 Å². The fourth-order valence-electron chi connectivity index (χ4n) is 1.89. The second-order valence-corrected chi connectivity index (χ2v) is 6.36. The van der Waals surface area contributed by atoms with Gasteiger partial charge in [0, 0.05) is 0 Å². The van der Waals surface area contributed by atoms with Crippen LogP contribution < -0.4 is 10.5 Å². The van der Waals surface area contributed by atoms with Crippen molar-refractivity contribution in [2.24, 2.45) is 5.73 Å². The number of amides is 3. The van der Waals surface area contributed by atoms with Gasteiger partial charge in [0.1, 0.15) is 6.54 Å². The SMILES string of the molecule is CCOc1cc(/C=C2\SC(=O)N(CC(N)=O)C2=O)cc(Br)c1O. The molecule has 23 heavy (non-hydrogen) atoms. The molecule has 0 aromatic heterocycles. The van der Waals surface area contributed by atoms with Crippen LogP contribution in [0.1, 0.15) is 12.5 Å². The van der Waals surface area contributed by atoms with Crippen molar-refractivity contribution in [3.63, 3.8) is 0 Å². The van der Waals surface area contributed by atoms with Gasteiger partial charge in [-0.25, -0.2) is 0 Å². The molecule has 0 saturated carbocycles. The molecule has 0 radical (unpaired) electrons. The first-order chi connectivity index (χ1) is 10.8. The summed E-state index contributed by atoms with van der Waals surface area (Å²) in [7, 11) is 0. The number of aromatic hydroxyl groups is 1. The highest BCUT2D eigenvalue weighted by atomic mass is 79.9. The van der Waals surface area contributed by atoms with Gasteiger partial charge < -0.3 is 15.6 Å². The number of halogens is 1. The smallest absolute Gasteiger partial charge is 0.294 e. The highest BCUT2D eigenvalue weighted by Crippen LogP contribution is 2.38. The minimum atomic E-state index is -0.764. The van der Waals surface area contributed by atoms with Crippen LogP contribution in [0.4, 0.5) is 4.79 Å². The van der Waals surface area contributed by atoms with Gasteiger partial charge in [0.15, 0.2) is 11.5 Å². The molecule has 0 aliphatic carbocycles. The van der Waals surface area contributed by atoms with Gasteiger partial charge in [-0.3, -0.25) is 19.3 Å². The Kier molecular flexibility index (Phi) is 5.32. The third-order valence-electron chi connectivity index (χ3n) is 2.84. The van der Waals surface area contributed by atoms with E-state index in [1.165, 1.54) is 6.08 Å². The van der Waals surface area contributed by atoms with E-state index in [2.05, 4.69) is 15.9 Å². The van der Waals surface area contributed by atoms with Crippen LogP contribution in [-0.2, 0) is 9.59 Å². The standard InChI is InChI=1S/C14H13BrN2O5S/c1-2-22-9-4-7(3-8(15)12(9)19)5-10-13(20)17(6-11(16)18)14(21)23-10/h3-5,19H,2,6H2,1H3,(H2,16,18)/b10-5-. The number of rotatable bonds is 5. The molecule has 0 bridgehead atoms. The van der Waals surface area contributed by atoms with Crippen molar-refractivity contribution >= 4 is 50.8 Å². The van der Waals surface area contributed by atoms with Crippen LogP contribution in [0.25, 0.3) is 6.08 Å². The minimum absolute atomic E-state index is 0.0502. The molecule has 0 unspecified atom stereocenters. The molecule has 3 N–H and O–H groups in total. The number of thioether (sulfide) groups is 1. The number of phenols is 1. The van der Waals surface area contributed by atoms with Crippen molar-refractivity contribution in [2.45, 2.75) is 6.92 Å². The maximum Gasteiger partial charge on any atom is 0.294 e. The van der Waals surface area contributed by atoms with E-state index < -0.39 is 23.6 Å². The van der Waals surface area contributed by atoms with E-state index in [1.807, 2.05) is 0 Å². The normalized spacial score (nSPS) is 16.3. The lowest BCUT2D eigenvalue weighted by molar-refractivity contribution is -0.127. The molecule has 1 aromatic carbocycles. The first-order valence-corrected chi connectivity index (χ1v) is 8.13. The molecular weight excluding hydrogens is 388 g/mol. The number of benzene rings is 1. The number of imide groups is 1. The number of primary amides is 1. The second kappa shape index (κ2) is 7.05. The zero-order chi connectivity index (χ0) is 17.1. The number of hydrogen-bond donors (Lipinski definition) is 2. The van der Waals surface area contributed by atoms with Crippen LogP contribution in [0.2, 0.25) is 0 Å². The van der Waals surface area contributed by atoms with Crippen LogP contribution in [0.15, 0.2) is 21.5 Å². The molecule has 1 fully saturated rings. The number of ether oxygens (including phenoxy) is 1. The molecule has 9 heteroatoms. The average molecular weight is 401 g/mol. The summed E-state index contributed by atoms with van der Waals surface area (Å²) in [5, 5.41) is 9.32. The Morgan fingerprint density at radius 1 is 1.48 bits per heavy atom. The highest BCUT2D eigenvalue weighted by molar-refractivity contribution is 9.10. The van der Waals surface area contributed by atoms with Crippen molar-refractivity contribution in [1.29, 1.82) is 0 Å². The van der Waals surface area contributed by atoms with Crippen molar-refractivity contribution in [1.82, 2.24) is 4.90 Å². The number of nitrogens with zero attached hydrogens (tertiary/aromatic N) is 1. The lowest BCUT2D eigenvalue weighted by Gasteiger charge is -2.09. The zero-order valence-electron chi connectivity index (χ0n) is 12.0. The highest BCUT2D eigenvalue weighted by Gasteiger charge is 2.35. The first kappa shape index (κ1) is 17.4. The van der Waals surface area contributed by atoms with E-state index >= 15 is 0 Å². The molecular formula is C14H13BrN2O5S. The number of phenolic OH excluding ortho intramolecular Hbond substituents is 1. The van der Waals surface area contributed by atoms with Gasteiger partial charge in [-0.15, -0.1) is 0 Å². The Hall–Kier alpha value is -2.00. The predicted molar refractivity (Wildman–Crippen MR) is 88.8 cm³/mol. The monoisotopic (exact) mass is 400 g/mol. The molecule has 1 aromatic rings. The van der Waals surface area contributed by atoms with Crippen molar-refractivity contribution in [2.75, 3.05) is 13.2 Å². The van der Waals surface area contributed by atoms with E-state index in [0.29, 0.717) is 16.6 Å². The summed E-state index contributed by atoms with van der Waals surface area (Å²) in [5.74, 6) is -1.14. The lowest BCUT2D eigenvalue weighted by atomic mass is 10.2. The van der Waals surface area contributed by atoms with Crippen LogP contribution in [0, 0.1) is 0 Å². The van der Waals surface area contributed by atoms with Crippen LogP contribution in [-0.4, -0.2) is 40.2 Å². The molecule has 7 nitrogen and oxygen atoms in total. The van der Waals surface area contributed by atoms with E-state index in [1.54, 1.807) is 19.1 Å². The van der Waals surface area contributed by atoms with E-state index in [0.717, 1.165) is 16.7 Å². The van der Waals surface area contributed by atoms with Crippen molar-refractivity contribution in [3.05, 3.63) is 27.1 Å². The van der Waals surface area contributed by atoms with E-state index in [-0.39, 0.29) is 16.4 Å². The summed E-state index contributed by atoms with van der Waals surface area (Å²) >= 11 is 3.92. The minimum Gasteiger partial charge on any atom is -0.503 e. The average Bonchev–Trinajstić information content (AvgIpc) is 2.72. The summed E-state index contributed by atoms with van der Waals surface area (Å²) in [6.45, 7) is 1.68. The molecule has 122 valence electrons. The van der Waals surface area contributed by atoms with Gasteiger partial charge in [0.05, 0.1) is 16.0 Å². The second-order valence-electron chi connectivity index (χ2n) is 4.52. The quantitative estimate of drug-likeness (QED) is 0.731. The zero-order valence-corrected chi connectivity index (χ0v) is 14.4. The molecule has 3 amide bonds. The Labute approximate surface area is 144 Å². The van der Waals surface area contributed by atoms with Crippen LogP contribution >= 0.6 is 27.7 Å². The Morgan fingerprint density at radius 3 is 2.78 bits per heavy atom. The van der Waals surface area contributed by atoms with Crippen LogP contribution in [0.3, 0.4) is 0 Å². The Balaban J connectivity index is 2.34. The molecule has 1 aliphatic rings. The van der Waals surface area contributed by atoms with E-state index in [9.17, 15) is 19.5 Å². The molecule has 2 rings (SSSR count). The third kappa shape index (κ3) is 3.85. The number of carbonyl (C=O) groups excluding carboxylic acids is 3. The summed E-state index contributed by atoms with van der Waals surface area (Å²) in [5.41, 5.74) is 5.58. The van der Waals surface area contributed by atoms with Gasteiger partial charge in [0.25, 0.3) is 11.1 Å². The van der Waals surface area contributed by atoms with Gasteiger partial charge >= 0.3 is 0 Å². The Morgan fingerprint density at radius 2 is 2.17 bits per heavy atom. The fraction of sp³-hybridized carbons (Fsp3) is 0.214. The molecule has 1 heterocycles. The van der Waals surface area contributed by atoms with Crippen molar-refractivity contribution in [3.8, 4) is 11.5 Å². The third-order valence-corrected chi connectivity index (χ3v) is 4.35. The molecule has 1 saturated heterocycles. The fourth-order valence-corrected chi connectivity index (χ4v) is 3.18. The van der Waals surface area contributed by atoms with Crippen molar-refractivity contribution < 1.29 is 24.2 Å².